The van der Waals surface area contributed by atoms with Gasteiger partial charge in [-0.05, 0) is 72.4 Å². The predicted molar refractivity (Wildman–Crippen MR) is 195 cm³/mol. The highest BCUT2D eigenvalue weighted by atomic mass is 35.5. The highest BCUT2D eigenvalue weighted by Crippen LogP contribution is 2.49. The third kappa shape index (κ3) is 5.56. The van der Waals surface area contributed by atoms with Crippen LogP contribution >= 0.6 is 11.6 Å². The van der Waals surface area contributed by atoms with Crippen LogP contribution in [-0.4, -0.2) is 84.6 Å². The van der Waals surface area contributed by atoms with Gasteiger partial charge in [0.05, 0.1) is 30.4 Å². The Hall–Kier alpha value is -3.68. The Labute approximate surface area is 297 Å². The van der Waals surface area contributed by atoms with Gasteiger partial charge in [0.15, 0.2) is 5.82 Å². The summed E-state index contributed by atoms with van der Waals surface area (Å²) in [5, 5.41) is 16.9. The molecule has 4 aliphatic heterocycles. The molecule has 50 heavy (non-hydrogen) atoms. The number of ether oxygens (including phenoxy) is 2. The maximum Gasteiger partial charge on any atom is 0.319 e. The van der Waals surface area contributed by atoms with Crippen LogP contribution in [-0.2, 0) is 4.74 Å². The summed E-state index contributed by atoms with van der Waals surface area (Å²) in [6.07, 6.45) is 10.4. The number of hydrogen-bond acceptors (Lipinski definition) is 8. The number of terminal acetylenes is 1. The van der Waals surface area contributed by atoms with Crippen molar-refractivity contribution in [3.05, 3.63) is 52.3 Å². The Morgan fingerprint density at radius 3 is 2.52 bits per heavy atom. The van der Waals surface area contributed by atoms with Crippen LogP contribution in [0.5, 0.6) is 11.8 Å². The van der Waals surface area contributed by atoms with E-state index in [-0.39, 0.29) is 28.6 Å². The zero-order chi connectivity index (χ0) is 34.3. The number of piperazine rings is 1. The number of nitrogens with zero attached hydrogens (tertiary/aromatic N) is 4. The molecule has 1 saturated carbocycles. The van der Waals surface area contributed by atoms with E-state index in [1.165, 1.54) is 0 Å². The summed E-state index contributed by atoms with van der Waals surface area (Å²) in [6, 6.07) is 9.69. The van der Waals surface area contributed by atoms with E-state index in [4.69, 9.17) is 37.5 Å². The molecular weight excluding hydrogens is 653 g/mol. The monoisotopic (exact) mass is 695 g/mol. The molecule has 2 unspecified atom stereocenters. The van der Waals surface area contributed by atoms with Crippen molar-refractivity contribution in [2.24, 2.45) is 17.3 Å². The fourth-order valence-corrected chi connectivity index (χ4v) is 9.32. The molecule has 9 rings (SSSR count). The van der Waals surface area contributed by atoms with Crippen molar-refractivity contribution in [3.63, 3.8) is 0 Å². The molecule has 5 heterocycles. The van der Waals surface area contributed by atoms with Crippen LogP contribution in [0.25, 0.3) is 32.8 Å². The molecular formula is C40H43ClFN5O3. The second-order valence-corrected chi connectivity index (χ2v) is 16.2. The highest BCUT2D eigenvalue weighted by Gasteiger charge is 2.48. The van der Waals surface area contributed by atoms with Gasteiger partial charge in [-0.25, -0.2) is 4.39 Å². The molecule has 0 radical (unpaired) electrons. The lowest BCUT2D eigenvalue weighted by atomic mass is 9.86. The Kier molecular flexibility index (Phi) is 7.89. The molecule has 10 heteroatoms. The summed E-state index contributed by atoms with van der Waals surface area (Å²) in [5.74, 6) is 4.16. The molecule has 5 aliphatic rings. The predicted octanol–water partition coefficient (Wildman–Crippen LogP) is 6.73. The first-order chi connectivity index (χ1) is 24.2. The van der Waals surface area contributed by atoms with Gasteiger partial charge >= 0.3 is 6.01 Å². The van der Waals surface area contributed by atoms with Gasteiger partial charge in [0.1, 0.15) is 17.1 Å². The summed E-state index contributed by atoms with van der Waals surface area (Å²) in [7, 11) is 0. The summed E-state index contributed by atoms with van der Waals surface area (Å²) < 4.78 is 29.8. The maximum absolute atomic E-state index is 17.6. The lowest BCUT2D eigenvalue weighted by molar-refractivity contribution is 0.131. The number of hydrogen-bond donors (Lipinski definition) is 2. The van der Waals surface area contributed by atoms with Gasteiger partial charge in [-0.1, -0.05) is 37.4 Å². The number of nitrogens with one attached hydrogen (secondary N) is 1. The first kappa shape index (κ1) is 32.2. The molecule has 3 aromatic carbocycles. The molecule has 0 spiro atoms. The Balaban J connectivity index is 1.16. The second kappa shape index (κ2) is 12.2. The average molecular weight is 696 g/mol. The van der Waals surface area contributed by atoms with Crippen molar-refractivity contribution >= 4 is 39.1 Å². The average Bonchev–Trinajstić information content (AvgIpc) is 3.34. The number of phenolic OH excluding ortho intramolecular Hbond substituents is 1. The van der Waals surface area contributed by atoms with E-state index in [1.807, 2.05) is 19.9 Å². The fourth-order valence-electron chi connectivity index (χ4n) is 9.11. The first-order valence-corrected chi connectivity index (χ1v) is 18.5. The quantitative estimate of drug-likeness (QED) is 0.197. The molecule has 4 aromatic rings. The summed E-state index contributed by atoms with van der Waals surface area (Å²) in [4.78, 5) is 14.8. The summed E-state index contributed by atoms with van der Waals surface area (Å²) in [6.45, 7) is 11.0. The van der Waals surface area contributed by atoms with Gasteiger partial charge < -0.3 is 29.7 Å². The maximum atomic E-state index is 17.6. The number of fused-ring (bicyclic) bond motifs is 5. The molecule has 2 bridgehead atoms. The molecule has 4 atom stereocenters. The third-order valence-electron chi connectivity index (χ3n) is 11.9. The van der Waals surface area contributed by atoms with Crippen molar-refractivity contribution in [2.45, 2.75) is 57.5 Å². The van der Waals surface area contributed by atoms with Gasteiger partial charge in [-0.15, -0.1) is 6.42 Å². The van der Waals surface area contributed by atoms with Crippen LogP contribution in [0.4, 0.5) is 10.2 Å². The molecule has 1 aromatic heterocycles. The van der Waals surface area contributed by atoms with Crippen LogP contribution in [0.1, 0.15) is 56.6 Å². The van der Waals surface area contributed by atoms with Crippen LogP contribution in [0.3, 0.4) is 0 Å². The number of benzene rings is 3. The smallest absolute Gasteiger partial charge is 0.319 e. The van der Waals surface area contributed by atoms with E-state index >= 15 is 4.39 Å². The van der Waals surface area contributed by atoms with Gasteiger partial charge in [0.2, 0.25) is 0 Å². The Bertz CT molecular complexity index is 2040. The number of phenols is 1. The highest BCUT2D eigenvalue weighted by molar-refractivity contribution is 6.33. The zero-order valence-corrected chi connectivity index (χ0v) is 29.4. The molecule has 8 nitrogen and oxygen atoms in total. The third-order valence-corrected chi connectivity index (χ3v) is 12.2. The number of rotatable bonds is 8. The van der Waals surface area contributed by atoms with E-state index in [2.05, 4.69) is 21.0 Å². The zero-order valence-electron chi connectivity index (χ0n) is 28.6. The molecule has 4 saturated heterocycles. The molecule has 260 valence electrons. The van der Waals surface area contributed by atoms with Crippen LogP contribution < -0.4 is 15.0 Å². The molecule has 1 aliphatic carbocycles. The number of anilines is 1. The van der Waals surface area contributed by atoms with Gasteiger partial charge in [0, 0.05) is 78.4 Å². The number of halogens is 2. The Morgan fingerprint density at radius 1 is 1.10 bits per heavy atom. The first-order valence-electron chi connectivity index (χ1n) is 18.1. The second-order valence-electron chi connectivity index (χ2n) is 15.8. The molecule has 0 amide bonds. The van der Waals surface area contributed by atoms with Gasteiger partial charge in [0.25, 0.3) is 0 Å². The van der Waals surface area contributed by atoms with Crippen LogP contribution in [0.15, 0.2) is 30.3 Å². The van der Waals surface area contributed by atoms with E-state index in [1.54, 1.807) is 24.3 Å². The van der Waals surface area contributed by atoms with Crippen molar-refractivity contribution in [1.82, 2.24) is 20.2 Å². The normalized spacial score (nSPS) is 25.5. The van der Waals surface area contributed by atoms with Crippen LogP contribution in [0, 0.1) is 35.4 Å². The van der Waals surface area contributed by atoms with Crippen molar-refractivity contribution in [3.8, 4) is 35.2 Å². The van der Waals surface area contributed by atoms with Crippen LogP contribution in [0.2, 0.25) is 5.02 Å². The topological polar surface area (TPSA) is 83.0 Å². The van der Waals surface area contributed by atoms with E-state index in [9.17, 15) is 5.11 Å². The fraction of sp³-hybridized carbons (Fsp3) is 0.500. The summed E-state index contributed by atoms with van der Waals surface area (Å²) in [5.41, 5.74) is 2.33. The number of aromatic hydroxyl groups is 1. The van der Waals surface area contributed by atoms with Gasteiger partial charge in [-0.3, -0.25) is 0 Å². The molecule has 5 fully saturated rings. The molecule has 2 N–H and O–H groups in total. The van der Waals surface area contributed by atoms with E-state index in [0.29, 0.717) is 74.2 Å². The van der Waals surface area contributed by atoms with Gasteiger partial charge in [-0.2, -0.15) is 9.97 Å². The minimum absolute atomic E-state index is 0.0135. The van der Waals surface area contributed by atoms with Crippen molar-refractivity contribution in [2.75, 3.05) is 57.4 Å². The van der Waals surface area contributed by atoms with Crippen molar-refractivity contribution in [1.29, 1.82) is 0 Å². The summed E-state index contributed by atoms with van der Waals surface area (Å²) >= 11 is 6.60. The van der Waals surface area contributed by atoms with E-state index in [0.717, 1.165) is 77.2 Å². The minimum atomic E-state index is -0.486. The van der Waals surface area contributed by atoms with Crippen molar-refractivity contribution < 1.29 is 19.0 Å². The van der Waals surface area contributed by atoms with E-state index < -0.39 is 5.82 Å². The SMILES string of the molecule is C#Cc1c(Cl)ccc2cc(O)cc(-c3c(C(C)C)cc4c(N5CC6CCC(C5)N6)nc(OCC5(CN6C[C@H]7COC[C@@H]7C6)CC5)nc4c3F)c12. The Morgan fingerprint density at radius 2 is 1.84 bits per heavy atom. The number of aromatic nitrogens is 2. The lowest BCUT2D eigenvalue weighted by Gasteiger charge is -2.34. The largest absolute Gasteiger partial charge is 0.508 e. The minimum Gasteiger partial charge on any atom is -0.508 e. The number of likely N-dealkylation sites (tertiary alicyclic amines) is 1. The standard InChI is InChI=1S/C40H43ClFN5O3/c1-4-29-33(41)8-5-23-11-28(48)12-31(34(23)29)35-30(22(2)3)13-32-37(36(35)42)44-39(45-38(32)47-16-26-6-7-27(17-47)43-26)50-21-40(9-10-40)20-46-14-24-18-49-19-25(24)15-46/h1,5,8,11-13,22,24-27,43,48H,6-7,9-10,14-21H2,2-3H3/t24-,25-,26?,27?/m0/s1. The lowest BCUT2D eigenvalue weighted by Crippen LogP contribution is -2.51.